The van der Waals surface area contributed by atoms with E-state index in [4.69, 9.17) is 39.9 Å². The average Bonchev–Trinajstić information content (AvgIpc) is 2.24. The van der Waals surface area contributed by atoms with Crippen molar-refractivity contribution in [3.05, 3.63) is 32.8 Å². The Hall–Kier alpha value is 0.01000. The van der Waals surface area contributed by atoms with Crippen molar-refractivity contribution in [2.45, 2.75) is 25.4 Å². The molecule has 0 spiro atoms. The van der Waals surface area contributed by atoms with Crippen LogP contribution in [-0.4, -0.2) is 22.9 Å². The fraction of sp³-hybridized carbons (Fsp3) is 0.455. The van der Waals surface area contributed by atoms with E-state index < -0.39 is 6.10 Å². The zero-order valence-corrected chi connectivity index (χ0v) is 11.0. The fourth-order valence-electron chi connectivity index (χ4n) is 1.59. The number of hydrogen-bond donors (Lipinski definition) is 2. The molecule has 90 valence electrons. The molecule has 0 fully saturated rings. The van der Waals surface area contributed by atoms with Gasteiger partial charge in [0.2, 0.25) is 0 Å². The lowest BCUT2D eigenvalue weighted by Crippen LogP contribution is -2.15. The number of aliphatic hydroxyl groups is 2. The molecule has 0 radical (unpaired) electrons. The van der Waals surface area contributed by atoms with Gasteiger partial charge in [-0.2, -0.15) is 0 Å². The van der Waals surface area contributed by atoms with Crippen molar-refractivity contribution in [2.75, 3.05) is 6.61 Å². The molecule has 0 bridgehead atoms. The third-order valence-electron chi connectivity index (χ3n) is 2.41. The highest BCUT2D eigenvalue weighted by atomic mass is 35.5. The molecule has 0 aliphatic carbocycles. The summed E-state index contributed by atoms with van der Waals surface area (Å²) in [5.41, 5.74) is 0.711. The van der Waals surface area contributed by atoms with Crippen LogP contribution in [0.15, 0.2) is 12.1 Å². The van der Waals surface area contributed by atoms with Gasteiger partial charge in [-0.3, -0.25) is 0 Å². The standard InChI is InChI=1S/C11H13Cl3O2/c1-6(4-7(16)5-15)10-8(12)2-3-9(13)11(10)14/h2-3,6-7,15-16H,4-5H2,1H3. The smallest absolute Gasteiger partial charge is 0.0776 e. The van der Waals surface area contributed by atoms with E-state index >= 15 is 0 Å². The second kappa shape index (κ2) is 6.08. The van der Waals surface area contributed by atoms with Gasteiger partial charge in [-0.05, 0) is 30.0 Å². The SMILES string of the molecule is CC(CC(O)CO)c1c(Cl)ccc(Cl)c1Cl. The summed E-state index contributed by atoms with van der Waals surface area (Å²) in [6.45, 7) is 1.60. The first-order valence-corrected chi connectivity index (χ1v) is 6.03. The van der Waals surface area contributed by atoms with Crippen molar-refractivity contribution in [2.24, 2.45) is 0 Å². The van der Waals surface area contributed by atoms with Gasteiger partial charge in [0.25, 0.3) is 0 Å². The molecule has 16 heavy (non-hydrogen) atoms. The summed E-state index contributed by atoms with van der Waals surface area (Å²) in [5.74, 6) is -0.0687. The lowest BCUT2D eigenvalue weighted by atomic mass is 9.95. The van der Waals surface area contributed by atoms with Gasteiger partial charge in [0.05, 0.1) is 22.8 Å². The summed E-state index contributed by atoms with van der Waals surface area (Å²) >= 11 is 18.0. The van der Waals surface area contributed by atoms with Crippen molar-refractivity contribution in [1.82, 2.24) is 0 Å². The van der Waals surface area contributed by atoms with E-state index in [9.17, 15) is 5.11 Å². The van der Waals surface area contributed by atoms with Crippen LogP contribution in [0, 0.1) is 0 Å². The Balaban J connectivity index is 2.98. The molecule has 2 unspecified atom stereocenters. The maximum absolute atomic E-state index is 9.37. The van der Waals surface area contributed by atoms with Gasteiger partial charge in [0, 0.05) is 5.02 Å². The monoisotopic (exact) mass is 282 g/mol. The Labute approximate surface area is 110 Å². The minimum Gasteiger partial charge on any atom is -0.394 e. The van der Waals surface area contributed by atoms with Crippen molar-refractivity contribution in [1.29, 1.82) is 0 Å². The largest absolute Gasteiger partial charge is 0.394 e. The van der Waals surface area contributed by atoms with Crippen LogP contribution >= 0.6 is 34.8 Å². The summed E-state index contributed by atoms with van der Waals surface area (Å²) in [5, 5.41) is 19.5. The van der Waals surface area contributed by atoms with Crippen molar-refractivity contribution >= 4 is 34.8 Å². The second-order valence-corrected chi connectivity index (χ2v) is 4.92. The average molecular weight is 284 g/mol. The van der Waals surface area contributed by atoms with Crippen molar-refractivity contribution in [3.8, 4) is 0 Å². The molecular formula is C11H13Cl3O2. The highest BCUT2D eigenvalue weighted by molar-refractivity contribution is 6.44. The topological polar surface area (TPSA) is 40.5 Å². The number of aliphatic hydroxyl groups excluding tert-OH is 2. The first kappa shape index (κ1) is 14.1. The first-order chi connectivity index (χ1) is 7.47. The molecule has 0 heterocycles. The van der Waals surface area contributed by atoms with Gasteiger partial charge in [0.1, 0.15) is 0 Å². The summed E-state index contributed by atoms with van der Waals surface area (Å²) in [6.07, 6.45) is -0.392. The maximum Gasteiger partial charge on any atom is 0.0776 e. The van der Waals surface area contributed by atoms with E-state index in [0.717, 1.165) is 0 Å². The molecule has 1 aromatic carbocycles. The minimum absolute atomic E-state index is 0.0687. The summed E-state index contributed by atoms with van der Waals surface area (Å²) < 4.78 is 0. The minimum atomic E-state index is -0.777. The zero-order valence-electron chi connectivity index (χ0n) is 8.75. The third kappa shape index (κ3) is 3.25. The second-order valence-electron chi connectivity index (χ2n) is 3.73. The predicted octanol–water partition coefficient (Wildman–Crippen LogP) is 3.49. The molecule has 2 atom stereocenters. The van der Waals surface area contributed by atoms with Crippen LogP contribution in [-0.2, 0) is 0 Å². The molecule has 0 aromatic heterocycles. The molecule has 0 aliphatic heterocycles. The van der Waals surface area contributed by atoms with Gasteiger partial charge in [-0.15, -0.1) is 0 Å². The molecule has 2 nitrogen and oxygen atoms in total. The summed E-state index contributed by atoms with van der Waals surface area (Å²) in [7, 11) is 0. The molecule has 2 N–H and O–H groups in total. The van der Waals surface area contributed by atoms with Crippen molar-refractivity contribution in [3.63, 3.8) is 0 Å². The Bertz CT molecular complexity index is 368. The van der Waals surface area contributed by atoms with Crippen LogP contribution in [0.25, 0.3) is 0 Å². The van der Waals surface area contributed by atoms with E-state index in [0.29, 0.717) is 27.1 Å². The van der Waals surface area contributed by atoms with E-state index in [2.05, 4.69) is 0 Å². The van der Waals surface area contributed by atoms with Crippen LogP contribution in [0.3, 0.4) is 0 Å². The lowest BCUT2D eigenvalue weighted by Gasteiger charge is -2.18. The molecule has 0 aliphatic rings. The highest BCUT2D eigenvalue weighted by Gasteiger charge is 2.18. The number of hydrogen-bond acceptors (Lipinski definition) is 2. The van der Waals surface area contributed by atoms with Crippen LogP contribution in [0.2, 0.25) is 15.1 Å². The quantitative estimate of drug-likeness (QED) is 0.830. The van der Waals surface area contributed by atoms with E-state index in [-0.39, 0.29) is 12.5 Å². The highest BCUT2D eigenvalue weighted by Crippen LogP contribution is 2.37. The van der Waals surface area contributed by atoms with Crippen molar-refractivity contribution < 1.29 is 10.2 Å². The summed E-state index contributed by atoms with van der Waals surface area (Å²) in [6, 6.07) is 3.30. The van der Waals surface area contributed by atoms with Gasteiger partial charge < -0.3 is 10.2 Å². The maximum atomic E-state index is 9.37. The predicted molar refractivity (Wildman–Crippen MR) is 67.6 cm³/mol. The lowest BCUT2D eigenvalue weighted by molar-refractivity contribution is 0.0835. The third-order valence-corrected chi connectivity index (χ3v) is 3.56. The normalized spacial score (nSPS) is 14.9. The molecule has 0 amide bonds. The number of benzene rings is 1. The van der Waals surface area contributed by atoms with Crippen LogP contribution < -0.4 is 0 Å². The molecule has 1 rings (SSSR count). The number of rotatable bonds is 4. The van der Waals surface area contributed by atoms with Crippen LogP contribution in [0.4, 0.5) is 0 Å². The molecule has 0 saturated carbocycles. The Morgan fingerprint density at radius 1 is 1.19 bits per heavy atom. The molecular weight excluding hydrogens is 270 g/mol. The molecule has 5 heteroatoms. The van der Waals surface area contributed by atoms with Crippen LogP contribution in [0.1, 0.15) is 24.8 Å². The van der Waals surface area contributed by atoms with Crippen LogP contribution in [0.5, 0.6) is 0 Å². The van der Waals surface area contributed by atoms with Gasteiger partial charge in [-0.25, -0.2) is 0 Å². The zero-order chi connectivity index (χ0) is 12.3. The van der Waals surface area contributed by atoms with E-state index in [1.807, 2.05) is 6.92 Å². The first-order valence-electron chi connectivity index (χ1n) is 4.89. The van der Waals surface area contributed by atoms with Gasteiger partial charge >= 0.3 is 0 Å². The van der Waals surface area contributed by atoms with E-state index in [1.165, 1.54) is 0 Å². The van der Waals surface area contributed by atoms with Gasteiger partial charge in [0.15, 0.2) is 0 Å². The fourth-order valence-corrected chi connectivity index (χ4v) is 2.50. The Morgan fingerprint density at radius 3 is 2.31 bits per heavy atom. The Kier molecular flexibility index (Phi) is 5.35. The Morgan fingerprint density at radius 2 is 1.75 bits per heavy atom. The van der Waals surface area contributed by atoms with E-state index in [1.54, 1.807) is 12.1 Å². The molecule has 0 saturated heterocycles. The molecule has 1 aromatic rings. The van der Waals surface area contributed by atoms with Gasteiger partial charge in [-0.1, -0.05) is 41.7 Å². The summed E-state index contributed by atoms with van der Waals surface area (Å²) in [4.78, 5) is 0. The number of halogens is 3.